The van der Waals surface area contributed by atoms with E-state index in [1.54, 1.807) is 6.07 Å². The van der Waals surface area contributed by atoms with Gasteiger partial charge in [0.1, 0.15) is 0 Å². The van der Waals surface area contributed by atoms with Gasteiger partial charge in [-0.3, -0.25) is 9.78 Å². The molecule has 4 heteroatoms. The molecule has 1 aromatic rings. The largest absolute Gasteiger partial charge is 0.336 e. The Hall–Kier alpha value is -0.900. The van der Waals surface area contributed by atoms with Gasteiger partial charge in [-0.25, -0.2) is 0 Å². The molecule has 0 saturated carbocycles. The smallest absolute Gasteiger partial charge is 0.251 e. The molecule has 0 amide bonds. The zero-order valence-corrected chi connectivity index (χ0v) is 14.2. The molecule has 0 saturated heterocycles. The summed E-state index contributed by atoms with van der Waals surface area (Å²) in [5, 5.41) is 0. The summed E-state index contributed by atoms with van der Waals surface area (Å²) in [5.74, 6) is 0. The lowest BCUT2D eigenvalue weighted by molar-refractivity contribution is 0.548. The number of H-pyrrole nitrogens is 2. The third-order valence-electron chi connectivity index (χ3n) is 3.87. The van der Waals surface area contributed by atoms with E-state index in [9.17, 15) is 4.79 Å². The van der Waals surface area contributed by atoms with Crippen molar-refractivity contribution in [1.29, 1.82) is 0 Å². The zero-order valence-electron chi connectivity index (χ0n) is 13.4. The maximum atomic E-state index is 11.3. The van der Waals surface area contributed by atoms with Crippen LogP contribution in [0.2, 0.25) is 0 Å². The Morgan fingerprint density at radius 1 is 0.857 bits per heavy atom. The summed E-state index contributed by atoms with van der Waals surface area (Å²) in [7, 11) is 0. The van der Waals surface area contributed by atoms with Gasteiger partial charge >= 0.3 is 0 Å². The summed E-state index contributed by atoms with van der Waals surface area (Å²) in [6.07, 6.45) is 15.7. The van der Waals surface area contributed by atoms with E-state index in [2.05, 4.69) is 16.9 Å². The Kier molecular flexibility index (Phi) is 10.1. The third-order valence-corrected chi connectivity index (χ3v) is 4.07. The second kappa shape index (κ2) is 11.7. The van der Waals surface area contributed by atoms with Crippen LogP contribution in [0.5, 0.6) is 0 Å². The fourth-order valence-corrected chi connectivity index (χ4v) is 2.87. The normalized spacial score (nSPS) is 10.9. The van der Waals surface area contributed by atoms with Crippen molar-refractivity contribution in [2.75, 3.05) is 0 Å². The number of hydrogen-bond acceptors (Lipinski definition) is 2. The Morgan fingerprint density at radius 3 is 1.90 bits per heavy atom. The summed E-state index contributed by atoms with van der Waals surface area (Å²) in [4.78, 5) is 16.9. The Morgan fingerprint density at radius 2 is 1.38 bits per heavy atom. The van der Waals surface area contributed by atoms with Crippen molar-refractivity contribution in [2.24, 2.45) is 0 Å². The molecule has 0 bridgehead atoms. The Bertz CT molecular complexity index is 450. The molecule has 3 nitrogen and oxygen atoms in total. The average Bonchev–Trinajstić information content (AvgIpc) is 2.44. The van der Waals surface area contributed by atoms with Crippen LogP contribution in [0.25, 0.3) is 0 Å². The van der Waals surface area contributed by atoms with Crippen LogP contribution in [-0.4, -0.2) is 9.97 Å². The van der Waals surface area contributed by atoms with E-state index in [0.717, 1.165) is 18.5 Å². The second-order valence-electron chi connectivity index (χ2n) is 5.90. The van der Waals surface area contributed by atoms with Crippen LogP contribution in [0.1, 0.15) is 83.2 Å². The number of aromatic nitrogens is 2. The predicted molar refractivity (Wildman–Crippen MR) is 92.4 cm³/mol. The molecule has 1 aromatic heterocycles. The first-order valence-corrected chi connectivity index (χ1v) is 8.95. The van der Waals surface area contributed by atoms with Gasteiger partial charge in [0.2, 0.25) is 0 Å². The molecule has 0 fully saturated rings. The molecule has 0 spiro atoms. The first kappa shape index (κ1) is 18.1. The van der Waals surface area contributed by atoms with Crippen molar-refractivity contribution in [3.63, 3.8) is 0 Å². The molecule has 0 aromatic carbocycles. The highest BCUT2D eigenvalue weighted by Crippen LogP contribution is 2.12. The van der Waals surface area contributed by atoms with Crippen LogP contribution in [-0.2, 0) is 6.42 Å². The number of aryl methyl sites for hydroxylation is 1. The van der Waals surface area contributed by atoms with E-state index in [1.807, 2.05) is 0 Å². The third kappa shape index (κ3) is 9.62. The zero-order chi connectivity index (χ0) is 15.3. The molecule has 0 aliphatic carbocycles. The van der Waals surface area contributed by atoms with Gasteiger partial charge in [0.05, 0.1) is 0 Å². The van der Waals surface area contributed by atoms with E-state index in [1.165, 1.54) is 64.2 Å². The van der Waals surface area contributed by atoms with Crippen molar-refractivity contribution in [2.45, 2.75) is 84.0 Å². The van der Waals surface area contributed by atoms with Gasteiger partial charge in [0.25, 0.3) is 5.56 Å². The van der Waals surface area contributed by atoms with Crippen molar-refractivity contribution >= 4 is 12.2 Å². The maximum absolute atomic E-state index is 11.3. The molecular formula is C17H30N2OS. The van der Waals surface area contributed by atoms with Gasteiger partial charge in [-0.1, -0.05) is 71.1 Å². The topological polar surface area (TPSA) is 48.6 Å². The Labute approximate surface area is 133 Å². The standard InChI is InChI=1S/C17H30N2OS/c1-2-3-4-5-6-7-8-9-10-11-12-13-15-14-16(20)19-17(21)18-15/h14H,2-13H2,1H3,(H2,18,19,20,21). The summed E-state index contributed by atoms with van der Waals surface area (Å²) in [5.41, 5.74) is 0.858. The minimum absolute atomic E-state index is 0.100. The molecule has 0 aliphatic heterocycles. The minimum Gasteiger partial charge on any atom is -0.336 e. The van der Waals surface area contributed by atoms with E-state index in [0.29, 0.717) is 4.77 Å². The molecule has 1 heterocycles. The number of rotatable bonds is 12. The molecule has 0 aliphatic rings. The van der Waals surface area contributed by atoms with Crippen LogP contribution in [0.4, 0.5) is 0 Å². The fourth-order valence-electron chi connectivity index (χ4n) is 2.63. The summed E-state index contributed by atoms with van der Waals surface area (Å²) in [6.45, 7) is 2.26. The van der Waals surface area contributed by atoms with Gasteiger partial charge in [-0.15, -0.1) is 0 Å². The summed E-state index contributed by atoms with van der Waals surface area (Å²) >= 11 is 4.96. The highest BCUT2D eigenvalue weighted by molar-refractivity contribution is 7.71. The van der Waals surface area contributed by atoms with E-state index in [-0.39, 0.29) is 5.56 Å². The van der Waals surface area contributed by atoms with Crippen LogP contribution in [0.3, 0.4) is 0 Å². The molecular weight excluding hydrogens is 280 g/mol. The highest BCUT2D eigenvalue weighted by atomic mass is 32.1. The van der Waals surface area contributed by atoms with E-state index < -0.39 is 0 Å². The van der Waals surface area contributed by atoms with Gasteiger partial charge in [-0.05, 0) is 25.1 Å². The van der Waals surface area contributed by atoms with Gasteiger partial charge in [0.15, 0.2) is 4.77 Å². The van der Waals surface area contributed by atoms with Gasteiger partial charge in [-0.2, -0.15) is 0 Å². The van der Waals surface area contributed by atoms with Gasteiger partial charge in [0, 0.05) is 11.8 Å². The predicted octanol–water partition coefficient (Wildman–Crippen LogP) is 5.29. The molecule has 2 N–H and O–H groups in total. The van der Waals surface area contributed by atoms with Crippen LogP contribution < -0.4 is 5.56 Å². The fraction of sp³-hybridized carbons (Fsp3) is 0.765. The van der Waals surface area contributed by atoms with Crippen molar-refractivity contribution in [3.8, 4) is 0 Å². The van der Waals surface area contributed by atoms with Crippen LogP contribution in [0, 0.1) is 4.77 Å². The lowest BCUT2D eigenvalue weighted by Crippen LogP contribution is -2.08. The first-order chi connectivity index (χ1) is 10.2. The van der Waals surface area contributed by atoms with E-state index in [4.69, 9.17) is 12.2 Å². The number of nitrogens with one attached hydrogen (secondary N) is 2. The molecule has 1 rings (SSSR count). The lowest BCUT2D eigenvalue weighted by atomic mass is 10.0. The highest BCUT2D eigenvalue weighted by Gasteiger charge is 1.97. The van der Waals surface area contributed by atoms with Crippen molar-refractivity contribution < 1.29 is 0 Å². The van der Waals surface area contributed by atoms with E-state index >= 15 is 0 Å². The van der Waals surface area contributed by atoms with Crippen LogP contribution in [0.15, 0.2) is 10.9 Å². The first-order valence-electron chi connectivity index (χ1n) is 8.55. The Balaban J connectivity index is 1.95. The minimum atomic E-state index is -0.100. The van der Waals surface area contributed by atoms with Crippen LogP contribution >= 0.6 is 12.2 Å². The number of unbranched alkanes of at least 4 members (excludes halogenated alkanes) is 10. The number of hydrogen-bond donors (Lipinski definition) is 2. The molecule has 0 unspecified atom stereocenters. The second-order valence-corrected chi connectivity index (χ2v) is 6.31. The monoisotopic (exact) mass is 310 g/mol. The lowest BCUT2D eigenvalue weighted by Gasteiger charge is -2.03. The summed E-state index contributed by atoms with van der Waals surface area (Å²) < 4.78 is 0.431. The molecule has 0 atom stereocenters. The molecule has 21 heavy (non-hydrogen) atoms. The van der Waals surface area contributed by atoms with Gasteiger partial charge < -0.3 is 4.98 Å². The SMILES string of the molecule is CCCCCCCCCCCCCc1cc(=O)[nH]c(=S)[nH]1. The van der Waals surface area contributed by atoms with Crippen molar-refractivity contribution in [1.82, 2.24) is 9.97 Å². The molecule has 0 radical (unpaired) electrons. The maximum Gasteiger partial charge on any atom is 0.251 e. The quantitative estimate of drug-likeness (QED) is 0.407. The number of aromatic amines is 2. The molecule has 120 valence electrons. The summed E-state index contributed by atoms with van der Waals surface area (Å²) in [6, 6.07) is 1.62. The van der Waals surface area contributed by atoms with Crippen molar-refractivity contribution in [3.05, 3.63) is 26.9 Å². The average molecular weight is 311 g/mol.